The summed E-state index contributed by atoms with van der Waals surface area (Å²) in [5, 5.41) is 11.8. The van der Waals surface area contributed by atoms with Crippen molar-refractivity contribution < 1.29 is 13.3 Å². The minimum Gasteiger partial charge on any atom is -0.456 e. The van der Waals surface area contributed by atoms with E-state index in [2.05, 4.69) is 223 Å². The predicted molar refractivity (Wildman–Crippen MR) is 472 cm³/mol. The van der Waals surface area contributed by atoms with Crippen LogP contribution >= 0.6 is 46.1 Å². The number of benzene rings is 15. The van der Waals surface area contributed by atoms with Crippen LogP contribution in [-0.2, 0) is 0 Å². The van der Waals surface area contributed by atoms with Gasteiger partial charge in [0.1, 0.15) is 33.5 Å². The van der Waals surface area contributed by atoms with Crippen LogP contribution < -0.4 is 0 Å². The Hall–Kier alpha value is -14.4. The normalized spacial score (nSPS) is 11.6. The Morgan fingerprint density at radius 2 is 0.612 bits per heavy atom. The molecule has 0 aliphatic rings. The Kier molecular flexibility index (Phi) is 17.6. The lowest BCUT2D eigenvalue weighted by Gasteiger charge is -2.09. The number of thiophene rings is 1. The van der Waals surface area contributed by atoms with Crippen molar-refractivity contribution in [3.63, 3.8) is 0 Å². The highest BCUT2D eigenvalue weighted by Gasteiger charge is 2.22. The second-order valence-corrected chi connectivity index (χ2v) is 30.0. The second kappa shape index (κ2) is 29.3. The molecule has 23 aromatic rings. The summed E-state index contributed by atoms with van der Waals surface area (Å²) < 4.78 is 23.2. The summed E-state index contributed by atoms with van der Waals surface area (Å²) in [6.07, 6.45) is 0. The first-order chi connectivity index (χ1) is 57.2. The Bertz CT molecular complexity index is 7720. The van der Waals surface area contributed by atoms with E-state index in [4.69, 9.17) is 63.0 Å². The van der Waals surface area contributed by atoms with Crippen molar-refractivity contribution >= 4 is 154 Å². The highest BCUT2D eigenvalue weighted by molar-refractivity contribution is 7.26. The first-order valence-corrected chi connectivity index (χ1v) is 39.5. The maximum absolute atomic E-state index is 6.46. The summed E-state index contributed by atoms with van der Waals surface area (Å²) in [6.45, 7) is 0. The molecule has 8 aromatic heterocycles. The molecular weight excluding hydrogens is 1520 g/mol. The molecule has 8 heterocycles. The molecule has 0 unspecified atom stereocenters. The molecule has 0 aliphatic heterocycles. The molecule has 23 rings (SSSR count). The zero-order chi connectivity index (χ0) is 77.3. The predicted octanol–water partition coefficient (Wildman–Crippen LogP) is 27.7. The van der Waals surface area contributed by atoms with Crippen molar-refractivity contribution in [3.8, 4) is 107 Å². The number of rotatable bonds is 10. The van der Waals surface area contributed by atoms with Gasteiger partial charge >= 0.3 is 0 Å². The minimum absolute atomic E-state index is 0.127. The van der Waals surface area contributed by atoms with Crippen molar-refractivity contribution in [2.24, 2.45) is 0 Å². The smallest absolute Gasteiger partial charge is 0.226 e. The Morgan fingerprint density at radius 3 is 1.22 bits per heavy atom. The van der Waals surface area contributed by atoms with Crippen LogP contribution in [0.4, 0.5) is 0 Å². The van der Waals surface area contributed by atoms with E-state index in [0.29, 0.717) is 34.9 Å². The number of hydrogen-bond acceptors (Lipinski definition) is 13. The Balaban J connectivity index is 0.000000109. The third-order valence-corrected chi connectivity index (χ3v) is 22.7. The fourth-order valence-corrected chi connectivity index (χ4v) is 17.4. The molecule has 0 atom stereocenters. The van der Waals surface area contributed by atoms with Crippen molar-refractivity contribution in [1.82, 2.24) is 49.4 Å². The van der Waals surface area contributed by atoms with Gasteiger partial charge in [-0.25, -0.2) is 15.0 Å². The average molecular weight is 1570 g/mol. The SMILES string of the molecule is Clc1nc(-c2ccc(-c3cccc4oc5ccccc5c34)cc2)nc(-c2cccc3c2oc2ccccc23)n1.Clc1nc(-c2ccc(-c3ccccc3)cc2)nc(-c2cccc(-c3cccc4c3oc3ccccc34)c2)n1.Clc1nc(-c2ccc(-n3c4ccccc4c4ccccc43)cc2)nc(-c2cccc3c2sc2ccccc23)n1. The molecule has 15 aromatic carbocycles. The molecule has 0 saturated carbocycles. The molecule has 17 heteroatoms. The number of halogens is 3. The van der Waals surface area contributed by atoms with Gasteiger partial charge in [0, 0.05) is 102 Å². The van der Waals surface area contributed by atoms with Gasteiger partial charge in [0.2, 0.25) is 15.9 Å². The molecule has 548 valence electrons. The quantitative estimate of drug-likeness (QED) is 0.128. The number of nitrogens with zero attached hydrogens (tertiary/aromatic N) is 10. The number of furan rings is 3. The van der Waals surface area contributed by atoms with Crippen molar-refractivity contribution in [2.45, 2.75) is 0 Å². The summed E-state index contributed by atoms with van der Waals surface area (Å²) in [5.74, 6) is 3.14. The zero-order valence-corrected chi connectivity index (χ0v) is 64.2. The fourth-order valence-electron chi connectivity index (χ4n) is 15.7. The summed E-state index contributed by atoms with van der Waals surface area (Å²) in [5.41, 5.74) is 20.1. The fraction of sp³-hybridized carbons (Fsp3) is 0. The van der Waals surface area contributed by atoms with Gasteiger partial charge in [-0.2, -0.15) is 29.9 Å². The van der Waals surface area contributed by atoms with Gasteiger partial charge in [-0.3, -0.25) is 0 Å². The van der Waals surface area contributed by atoms with E-state index in [9.17, 15) is 0 Å². The lowest BCUT2D eigenvalue weighted by atomic mass is 9.98. The van der Waals surface area contributed by atoms with E-state index < -0.39 is 0 Å². The topological polar surface area (TPSA) is 160 Å². The van der Waals surface area contributed by atoms with Crippen LogP contribution in [0.1, 0.15) is 0 Å². The molecule has 13 nitrogen and oxygen atoms in total. The van der Waals surface area contributed by atoms with Crippen LogP contribution in [0.5, 0.6) is 0 Å². The molecule has 0 amide bonds. The van der Waals surface area contributed by atoms with E-state index in [1.54, 1.807) is 11.3 Å². The number of para-hydroxylation sites is 7. The molecule has 0 aliphatic carbocycles. The lowest BCUT2D eigenvalue weighted by molar-refractivity contribution is 0.669. The third kappa shape index (κ3) is 12.8. The van der Waals surface area contributed by atoms with Crippen LogP contribution in [0.25, 0.3) is 215 Å². The highest BCUT2D eigenvalue weighted by Crippen LogP contribution is 2.44. The monoisotopic (exact) mass is 1570 g/mol. The average Bonchev–Trinajstić information content (AvgIpc) is 1.60. The van der Waals surface area contributed by atoms with Crippen LogP contribution in [0.15, 0.2) is 359 Å². The minimum atomic E-state index is 0.127. The largest absolute Gasteiger partial charge is 0.456 e. The number of aromatic nitrogens is 10. The second-order valence-electron chi connectivity index (χ2n) is 27.9. The van der Waals surface area contributed by atoms with E-state index in [-0.39, 0.29) is 15.9 Å². The van der Waals surface area contributed by atoms with Gasteiger partial charge in [0.25, 0.3) is 0 Å². The van der Waals surface area contributed by atoms with Crippen molar-refractivity contribution in [3.05, 3.63) is 362 Å². The number of hydrogen-bond donors (Lipinski definition) is 0. The van der Waals surface area contributed by atoms with Gasteiger partial charge < -0.3 is 17.8 Å². The third-order valence-electron chi connectivity index (χ3n) is 21.0. The van der Waals surface area contributed by atoms with Crippen molar-refractivity contribution in [1.29, 1.82) is 0 Å². The van der Waals surface area contributed by atoms with Crippen molar-refractivity contribution in [2.75, 3.05) is 0 Å². The van der Waals surface area contributed by atoms with E-state index >= 15 is 0 Å². The van der Waals surface area contributed by atoms with Crippen LogP contribution in [-0.4, -0.2) is 49.4 Å². The van der Waals surface area contributed by atoms with E-state index in [1.807, 2.05) is 158 Å². The molecule has 0 bridgehead atoms. The Labute approximate surface area is 680 Å². The first-order valence-electron chi connectivity index (χ1n) is 37.5. The summed E-state index contributed by atoms with van der Waals surface area (Å²) in [7, 11) is 0. The molecule has 0 radical (unpaired) electrons. The zero-order valence-electron chi connectivity index (χ0n) is 61.1. The number of fused-ring (bicyclic) bond motifs is 15. The standard InChI is InChI=1S/C33H19ClN4S.C33H18ClN3O2.C33H20ClN3O/c34-33-36-31(35-32(37-33)26-12-7-11-25-24-10-3-6-15-29(24)39-30(25)26)20-16-18-21(19-17-20)38-27-13-4-1-8-22(27)23-9-2-5-14-28(23)38;34-33-36-31(35-32(37-33)25-11-5-10-23-22-7-1-3-12-26(22)39-30(23)25)20-17-15-19(16-18-20)21-9-6-14-28-29(21)24-8-2-4-13-27(24)38-28;34-33-36-31(23-18-16-22(17-19-23)21-8-2-1-3-9-21)35-32(37-33)25-11-6-10-24(20-25)26-13-7-14-28-27-12-4-5-15-29(27)38-30(26)28/h1-19H;1-18H;1-20H. The molecule has 0 fully saturated rings. The summed E-state index contributed by atoms with van der Waals surface area (Å²) in [6, 6.07) is 117. The van der Waals surface area contributed by atoms with Crippen LogP contribution in [0.3, 0.4) is 0 Å². The van der Waals surface area contributed by atoms with Crippen LogP contribution in [0, 0.1) is 0 Å². The van der Waals surface area contributed by atoms with E-state index in [1.165, 1.54) is 37.3 Å². The van der Waals surface area contributed by atoms with Gasteiger partial charge in [-0.1, -0.05) is 261 Å². The highest BCUT2D eigenvalue weighted by atomic mass is 35.5. The summed E-state index contributed by atoms with van der Waals surface area (Å²) >= 11 is 21.0. The van der Waals surface area contributed by atoms with E-state index in [0.717, 1.165) is 143 Å². The molecule has 0 spiro atoms. The lowest BCUT2D eigenvalue weighted by Crippen LogP contribution is -1.98. The van der Waals surface area contributed by atoms with Gasteiger partial charge in [0.15, 0.2) is 34.9 Å². The molecular formula is C99H57Cl3N10O3S. The first kappa shape index (κ1) is 69.6. The summed E-state index contributed by atoms with van der Waals surface area (Å²) in [4.78, 5) is 41.2. The molecule has 116 heavy (non-hydrogen) atoms. The van der Waals surface area contributed by atoms with Gasteiger partial charge in [-0.15, -0.1) is 11.3 Å². The van der Waals surface area contributed by atoms with Crippen LogP contribution in [0.2, 0.25) is 15.9 Å². The maximum atomic E-state index is 6.46. The van der Waals surface area contributed by atoms with Gasteiger partial charge in [0.05, 0.1) is 16.6 Å². The molecule has 0 saturated heterocycles. The molecule has 0 N–H and O–H groups in total. The van der Waals surface area contributed by atoms with Gasteiger partial charge in [-0.05, 0) is 148 Å². The Morgan fingerprint density at radius 1 is 0.233 bits per heavy atom. The maximum Gasteiger partial charge on any atom is 0.226 e.